The zero-order chi connectivity index (χ0) is 28.7. The highest BCUT2D eigenvalue weighted by molar-refractivity contribution is 7.92. The van der Waals surface area contributed by atoms with E-state index in [1.807, 2.05) is 6.92 Å². The predicted molar refractivity (Wildman–Crippen MR) is 154 cm³/mol. The van der Waals surface area contributed by atoms with Crippen LogP contribution in [0, 0.1) is 6.92 Å². The fraction of sp³-hybridized carbons (Fsp3) is 0.286. The molecule has 3 aromatic rings. The van der Waals surface area contributed by atoms with E-state index in [1.54, 1.807) is 50.4 Å². The minimum atomic E-state index is -4.25. The lowest BCUT2D eigenvalue weighted by Crippen LogP contribution is -2.51. The third-order valence-electron chi connectivity index (χ3n) is 6.21. The molecule has 11 heteroatoms. The van der Waals surface area contributed by atoms with Crippen LogP contribution in [0.15, 0.2) is 71.6 Å². The number of amides is 2. The molecule has 39 heavy (non-hydrogen) atoms. The number of sulfonamides is 1. The van der Waals surface area contributed by atoms with Gasteiger partial charge in [-0.1, -0.05) is 60.0 Å². The van der Waals surface area contributed by atoms with Gasteiger partial charge in [0, 0.05) is 18.6 Å². The van der Waals surface area contributed by atoms with Gasteiger partial charge in [0.1, 0.15) is 18.3 Å². The van der Waals surface area contributed by atoms with E-state index in [0.29, 0.717) is 12.2 Å². The van der Waals surface area contributed by atoms with Crippen molar-refractivity contribution in [2.24, 2.45) is 0 Å². The molecule has 0 bridgehead atoms. The maximum Gasteiger partial charge on any atom is 0.264 e. The quantitative estimate of drug-likeness (QED) is 0.336. The van der Waals surface area contributed by atoms with Crippen molar-refractivity contribution in [1.82, 2.24) is 10.2 Å². The first-order valence-electron chi connectivity index (χ1n) is 12.2. The van der Waals surface area contributed by atoms with Gasteiger partial charge >= 0.3 is 0 Å². The summed E-state index contributed by atoms with van der Waals surface area (Å²) in [5.74, 6) is -0.318. The van der Waals surface area contributed by atoms with Crippen LogP contribution in [-0.4, -0.2) is 51.9 Å². The van der Waals surface area contributed by atoms with E-state index in [2.05, 4.69) is 5.32 Å². The number of ether oxygens (including phenoxy) is 1. The molecule has 1 N–H and O–H groups in total. The van der Waals surface area contributed by atoms with Gasteiger partial charge in [0.25, 0.3) is 10.0 Å². The lowest BCUT2D eigenvalue weighted by molar-refractivity contribution is -0.140. The number of aryl methyl sites for hydroxylation is 1. The zero-order valence-electron chi connectivity index (χ0n) is 22.1. The van der Waals surface area contributed by atoms with Crippen LogP contribution in [0.4, 0.5) is 5.69 Å². The molecular formula is C28H31Cl2N3O5S. The Labute approximate surface area is 239 Å². The summed E-state index contributed by atoms with van der Waals surface area (Å²) in [7, 11) is -1.22. The number of nitrogens with one attached hydrogen (secondary N) is 1. The van der Waals surface area contributed by atoms with Crippen molar-refractivity contribution in [2.75, 3.05) is 25.0 Å². The standard InChI is InChI=1S/C28H31Cl2N3O5S/c1-5-25(28(35)31-3)32(17-20-8-11-22(38-4)12-9-20)27(34)18-33(26-16-21(29)10-15-24(26)30)39(36,37)23-13-6-19(2)7-14-23/h6-16,25H,5,17-18H2,1-4H3,(H,31,35)/t25-/m0/s1. The van der Waals surface area contributed by atoms with Gasteiger partial charge in [-0.05, 0) is 61.4 Å². The van der Waals surface area contributed by atoms with Crippen molar-refractivity contribution >= 4 is 50.7 Å². The number of halogens is 2. The summed E-state index contributed by atoms with van der Waals surface area (Å²) in [5, 5.41) is 2.94. The summed E-state index contributed by atoms with van der Waals surface area (Å²) in [5.41, 5.74) is 1.66. The summed E-state index contributed by atoms with van der Waals surface area (Å²) in [6.45, 7) is 3.07. The Morgan fingerprint density at radius 2 is 1.64 bits per heavy atom. The molecule has 0 saturated carbocycles. The fourth-order valence-electron chi connectivity index (χ4n) is 4.04. The highest BCUT2D eigenvalue weighted by Crippen LogP contribution is 2.33. The minimum Gasteiger partial charge on any atom is -0.497 e. The van der Waals surface area contributed by atoms with Crippen LogP contribution >= 0.6 is 23.2 Å². The summed E-state index contributed by atoms with van der Waals surface area (Å²) < 4.78 is 33.9. The van der Waals surface area contributed by atoms with Crippen LogP contribution in [0.1, 0.15) is 24.5 Å². The SMILES string of the molecule is CC[C@@H](C(=O)NC)N(Cc1ccc(OC)cc1)C(=O)CN(c1cc(Cl)ccc1Cl)S(=O)(=O)c1ccc(C)cc1. The maximum atomic E-state index is 13.9. The fourth-order valence-corrected chi connectivity index (χ4v) is 5.90. The third-order valence-corrected chi connectivity index (χ3v) is 8.54. The molecule has 208 valence electrons. The van der Waals surface area contributed by atoms with Crippen molar-refractivity contribution < 1.29 is 22.7 Å². The number of likely N-dealkylation sites (N-methyl/N-ethyl adjacent to an activating group) is 1. The number of hydrogen-bond donors (Lipinski definition) is 1. The molecule has 3 aromatic carbocycles. The number of carbonyl (C=O) groups is 2. The second-order valence-corrected chi connectivity index (χ2v) is 11.5. The molecule has 0 aliphatic rings. The van der Waals surface area contributed by atoms with E-state index >= 15 is 0 Å². The summed E-state index contributed by atoms with van der Waals surface area (Å²) >= 11 is 12.6. The molecular weight excluding hydrogens is 561 g/mol. The van der Waals surface area contributed by atoms with Crippen LogP contribution < -0.4 is 14.4 Å². The van der Waals surface area contributed by atoms with E-state index in [1.165, 1.54) is 42.3 Å². The van der Waals surface area contributed by atoms with Gasteiger partial charge in [-0.25, -0.2) is 8.42 Å². The van der Waals surface area contributed by atoms with Gasteiger partial charge in [-0.3, -0.25) is 13.9 Å². The molecule has 3 rings (SSSR count). The molecule has 0 aromatic heterocycles. The van der Waals surface area contributed by atoms with Crippen LogP contribution in [0.5, 0.6) is 5.75 Å². The molecule has 0 aliphatic carbocycles. The Bertz CT molecular complexity index is 1410. The highest BCUT2D eigenvalue weighted by atomic mass is 35.5. The Morgan fingerprint density at radius 1 is 1.00 bits per heavy atom. The van der Waals surface area contributed by atoms with Gasteiger partial charge in [0.15, 0.2) is 0 Å². The van der Waals surface area contributed by atoms with Gasteiger partial charge in [-0.15, -0.1) is 0 Å². The molecule has 0 heterocycles. The highest BCUT2D eigenvalue weighted by Gasteiger charge is 2.34. The molecule has 0 saturated heterocycles. The van der Waals surface area contributed by atoms with Crippen molar-refractivity contribution in [1.29, 1.82) is 0 Å². The van der Waals surface area contributed by atoms with E-state index in [4.69, 9.17) is 27.9 Å². The number of anilines is 1. The number of hydrogen-bond acceptors (Lipinski definition) is 5. The van der Waals surface area contributed by atoms with Gasteiger partial charge < -0.3 is 15.0 Å². The minimum absolute atomic E-state index is 0.0167. The largest absolute Gasteiger partial charge is 0.497 e. The molecule has 8 nitrogen and oxygen atoms in total. The van der Waals surface area contributed by atoms with Crippen molar-refractivity contribution in [3.05, 3.63) is 87.9 Å². The van der Waals surface area contributed by atoms with Crippen LogP contribution in [0.25, 0.3) is 0 Å². The van der Waals surface area contributed by atoms with E-state index in [0.717, 1.165) is 15.4 Å². The monoisotopic (exact) mass is 591 g/mol. The van der Waals surface area contributed by atoms with Crippen LogP contribution in [0.2, 0.25) is 10.0 Å². The summed E-state index contributed by atoms with van der Waals surface area (Å²) in [6.07, 6.45) is 0.310. The van der Waals surface area contributed by atoms with Gasteiger partial charge in [-0.2, -0.15) is 0 Å². The number of nitrogens with zero attached hydrogens (tertiary/aromatic N) is 2. The first kappa shape index (κ1) is 30.3. The third kappa shape index (κ3) is 7.23. The molecule has 0 spiro atoms. The first-order chi connectivity index (χ1) is 18.5. The van der Waals surface area contributed by atoms with Crippen LogP contribution in [-0.2, 0) is 26.2 Å². The smallest absolute Gasteiger partial charge is 0.264 e. The lowest BCUT2D eigenvalue weighted by Gasteiger charge is -2.33. The Morgan fingerprint density at radius 3 is 2.21 bits per heavy atom. The average molecular weight is 593 g/mol. The second-order valence-electron chi connectivity index (χ2n) is 8.83. The number of rotatable bonds is 11. The summed E-state index contributed by atoms with van der Waals surface area (Å²) in [6, 6.07) is 16.9. The van der Waals surface area contributed by atoms with Crippen LogP contribution in [0.3, 0.4) is 0 Å². The topological polar surface area (TPSA) is 96.0 Å². The number of methoxy groups -OCH3 is 1. The second kappa shape index (κ2) is 13.2. The normalized spacial score (nSPS) is 11.9. The Balaban J connectivity index is 2.09. The molecule has 0 aliphatic heterocycles. The number of benzene rings is 3. The Hall–Kier alpha value is -3.27. The van der Waals surface area contributed by atoms with E-state index in [9.17, 15) is 18.0 Å². The predicted octanol–water partition coefficient (Wildman–Crippen LogP) is 5.06. The molecule has 1 atom stereocenters. The summed E-state index contributed by atoms with van der Waals surface area (Å²) in [4.78, 5) is 28.1. The van der Waals surface area contributed by atoms with Gasteiger partial charge in [0.2, 0.25) is 11.8 Å². The zero-order valence-corrected chi connectivity index (χ0v) is 24.5. The maximum absolute atomic E-state index is 13.9. The first-order valence-corrected chi connectivity index (χ1v) is 14.4. The average Bonchev–Trinajstić information content (AvgIpc) is 2.93. The van der Waals surface area contributed by atoms with E-state index < -0.39 is 28.5 Å². The number of carbonyl (C=O) groups excluding carboxylic acids is 2. The molecule has 0 fully saturated rings. The lowest BCUT2D eigenvalue weighted by atomic mass is 10.1. The van der Waals surface area contributed by atoms with Crippen molar-refractivity contribution in [3.63, 3.8) is 0 Å². The molecule has 0 radical (unpaired) electrons. The van der Waals surface area contributed by atoms with Gasteiger partial charge in [0.05, 0.1) is 22.7 Å². The molecule has 0 unspecified atom stereocenters. The van der Waals surface area contributed by atoms with Crippen molar-refractivity contribution in [2.45, 2.75) is 37.8 Å². The Kier molecular flexibility index (Phi) is 10.2. The van der Waals surface area contributed by atoms with Crippen molar-refractivity contribution in [3.8, 4) is 5.75 Å². The van der Waals surface area contributed by atoms with E-state index in [-0.39, 0.29) is 33.1 Å². The molecule has 2 amide bonds.